The molecule has 0 amide bonds. The summed E-state index contributed by atoms with van der Waals surface area (Å²) in [5, 5.41) is 0.245. The third kappa shape index (κ3) is 3.74. The van der Waals surface area contributed by atoms with Crippen LogP contribution in [0.4, 0.5) is 13.2 Å². The number of rotatable bonds is 3. The molecule has 1 aromatic carbocycles. The van der Waals surface area contributed by atoms with Gasteiger partial charge in [0.15, 0.2) is 6.10 Å². The molecule has 1 unspecified atom stereocenters. The Bertz CT molecular complexity index is 436. The van der Waals surface area contributed by atoms with Gasteiger partial charge in [0.25, 0.3) is 0 Å². The minimum absolute atomic E-state index is 0.0500. The van der Waals surface area contributed by atoms with Crippen molar-refractivity contribution in [2.75, 3.05) is 0 Å². The Kier molecular flexibility index (Phi) is 4.21. The van der Waals surface area contributed by atoms with Crippen molar-refractivity contribution in [2.24, 2.45) is 5.73 Å². The summed E-state index contributed by atoms with van der Waals surface area (Å²) in [6.07, 6.45) is -6.43. The van der Waals surface area contributed by atoms with Gasteiger partial charge in [-0.15, -0.1) is 0 Å². The van der Waals surface area contributed by atoms with E-state index in [2.05, 4.69) is 0 Å². The molecule has 0 radical (unpaired) electrons. The Morgan fingerprint density at radius 3 is 2.53 bits per heavy atom. The molecule has 1 aromatic rings. The van der Waals surface area contributed by atoms with Crippen molar-refractivity contribution in [1.29, 1.82) is 0 Å². The van der Waals surface area contributed by atoms with E-state index in [1.165, 1.54) is 18.2 Å². The van der Waals surface area contributed by atoms with Crippen LogP contribution in [0.25, 0.3) is 0 Å². The number of halogens is 4. The minimum atomic E-state index is -4.46. The average molecular weight is 284 g/mol. The molecule has 94 valence electrons. The molecule has 0 aliphatic heterocycles. The summed E-state index contributed by atoms with van der Waals surface area (Å²) in [6, 6.07) is 4.14. The van der Waals surface area contributed by atoms with Crippen LogP contribution >= 0.6 is 23.8 Å². The molecule has 0 saturated heterocycles. The van der Waals surface area contributed by atoms with Crippen LogP contribution in [0, 0.1) is 0 Å². The topological polar surface area (TPSA) is 35.2 Å². The fraction of sp³-hybridized carbons (Fsp3) is 0.300. The highest BCUT2D eigenvalue weighted by Gasteiger charge is 2.38. The number of thiocarbonyl (C=S) groups is 1. The second-order valence-electron chi connectivity index (χ2n) is 3.31. The van der Waals surface area contributed by atoms with Crippen LogP contribution in [0.15, 0.2) is 18.2 Å². The van der Waals surface area contributed by atoms with E-state index in [0.29, 0.717) is 0 Å². The first kappa shape index (κ1) is 14.1. The van der Waals surface area contributed by atoms with E-state index in [-0.39, 0.29) is 21.3 Å². The van der Waals surface area contributed by atoms with E-state index in [1.54, 1.807) is 0 Å². The van der Waals surface area contributed by atoms with Crippen molar-refractivity contribution in [2.45, 2.75) is 19.2 Å². The summed E-state index contributed by atoms with van der Waals surface area (Å²) in [6.45, 7) is 0.893. The van der Waals surface area contributed by atoms with Crippen LogP contribution in [0.5, 0.6) is 5.75 Å². The molecule has 2 N–H and O–H groups in total. The first-order valence-electron chi connectivity index (χ1n) is 4.54. The van der Waals surface area contributed by atoms with Crippen molar-refractivity contribution in [3.63, 3.8) is 0 Å². The molecule has 0 aromatic heterocycles. The van der Waals surface area contributed by atoms with Gasteiger partial charge in [-0.3, -0.25) is 0 Å². The fourth-order valence-electron chi connectivity index (χ4n) is 1.05. The highest BCUT2D eigenvalue weighted by Crippen LogP contribution is 2.29. The third-order valence-corrected chi connectivity index (χ3v) is 2.43. The van der Waals surface area contributed by atoms with E-state index in [0.717, 1.165) is 6.92 Å². The van der Waals surface area contributed by atoms with Gasteiger partial charge in [-0.05, 0) is 25.1 Å². The molecular formula is C10H9ClF3NOS. The van der Waals surface area contributed by atoms with Gasteiger partial charge in [0.1, 0.15) is 10.7 Å². The van der Waals surface area contributed by atoms with E-state index < -0.39 is 12.3 Å². The summed E-state index contributed by atoms with van der Waals surface area (Å²) < 4.78 is 41.8. The maximum atomic E-state index is 12.3. The van der Waals surface area contributed by atoms with E-state index in [1.807, 2.05) is 0 Å². The average Bonchev–Trinajstić information content (AvgIpc) is 2.15. The summed E-state index contributed by atoms with van der Waals surface area (Å²) in [7, 11) is 0. The molecule has 1 rings (SSSR count). The molecule has 0 aliphatic carbocycles. The van der Waals surface area contributed by atoms with E-state index in [4.69, 9.17) is 34.3 Å². The molecule has 1 atom stereocenters. The molecule has 0 spiro atoms. The zero-order chi connectivity index (χ0) is 13.2. The molecule has 0 bridgehead atoms. The highest BCUT2D eigenvalue weighted by molar-refractivity contribution is 7.80. The van der Waals surface area contributed by atoms with Crippen LogP contribution < -0.4 is 10.5 Å². The molecule has 17 heavy (non-hydrogen) atoms. The number of benzene rings is 1. The SMILES string of the molecule is CC(Oc1cc(Cl)ccc1C(N)=S)C(F)(F)F. The van der Waals surface area contributed by atoms with Crippen LogP contribution in [0.1, 0.15) is 12.5 Å². The lowest BCUT2D eigenvalue weighted by molar-refractivity contribution is -0.189. The standard InChI is InChI=1S/C10H9ClF3NOS/c1-5(10(12,13)14)16-8-4-6(11)2-3-7(8)9(15)17/h2-5H,1H3,(H2,15,17). The zero-order valence-corrected chi connectivity index (χ0v) is 10.3. The molecule has 0 fully saturated rings. The number of ether oxygens (including phenoxy) is 1. The predicted octanol–water partition coefficient (Wildman–Crippen LogP) is 3.30. The highest BCUT2D eigenvalue weighted by atomic mass is 35.5. The van der Waals surface area contributed by atoms with Crippen molar-refractivity contribution in [1.82, 2.24) is 0 Å². The van der Waals surface area contributed by atoms with Crippen molar-refractivity contribution in [3.05, 3.63) is 28.8 Å². The monoisotopic (exact) mass is 283 g/mol. The lowest BCUT2D eigenvalue weighted by Crippen LogP contribution is -2.31. The van der Waals surface area contributed by atoms with Gasteiger partial charge in [0.2, 0.25) is 0 Å². The van der Waals surface area contributed by atoms with Gasteiger partial charge >= 0.3 is 6.18 Å². The zero-order valence-electron chi connectivity index (χ0n) is 8.72. The fourth-order valence-corrected chi connectivity index (χ4v) is 1.39. The Morgan fingerprint density at radius 2 is 2.06 bits per heavy atom. The minimum Gasteiger partial charge on any atom is -0.480 e. The predicted molar refractivity (Wildman–Crippen MR) is 63.5 cm³/mol. The second-order valence-corrected chi connectivity index (χ2v) is 4.18. The van der Waals surface area contributed by atoms with Crippen LogP contribution in [0.3, 0.4) is 0 Å². The smallest absolute Gasteiger partial charge is 0.425 e. The Balaban J connectivity index is 3.04. The quantitative estimate of drug-likeness (QED) is 0.865. The number of hydrogen-bond acceptors (Lipinski definition) is 2. The maximum Gasteiger partial charge on any atom is 0.425 e. The summed E-state index contributed by atoms with van der Waals surface area (Å²) in [4.78, 5) is -0.0500. The maximum absolute atomic E-state index is 12.3. The number of nitrogens with two attached hydrogens (primary N) is 1. The van der Waals surface area contributed by atoms with Crippen LogP contribution in [-0.2, 0) is 0 Å². The van der Waals surface area contributed by atoms with Gasteiger partial charge in [-0.25, -0.2) is 0 Å². The van der Waals surface area contributed by atoms with Gasteiger partial charge in [0, 0.05) is 5.02 Å². The van der Waals surface area contributed by atoms with E-state index in [9.17, 15) is 13.2 Å². The number of hydrogen-bond donors (Lipinski definition) is 1. The van der Waals surface area contributed by atoms with Crippen LogP contribution in [-0.4, -0.2) is 17.3 Å². The second kappa shape index (κ2) is 5.10. The molecular weight excluding hydrogens is 275 g/mol. The van der Waals surface area contributed by atoms with Gasteiger partial charge in [-0.2, -0.15) is 13.2 Å². The summed E-state index contributed by atoms with van der Waals surface area (Å²) in [5.74, 6) is -0.0742. The molecule has 0 aliphatic rings. The van der Waals surface area contributed by atoms with Gasteiger partial charge in [-0.1, -0.05) is 23.8 Å². The van der Waals surface area contributed by atoms with Gasteiger partial charge in [0.05, 0.1) is 5.56 Å². The lowest BCUT2D eigenvalue weighted by Gasteiger charge is -2.19. The Labute approximate surface area is 107 Å². The van der Waals surface area contributed by atoms with Crippen molar-refractivity contribution >= 4 is 28.8 Å². The summed E-state index contributed by atoms with van der Waals surface area (Å²) >= 11 is 10.4. The first-order chi connectivity index (χ1) is 7.71. The largest absolute Gasteiger partial charge is 0.480 e. The van der Waals surface area contributed by atoms with E-state index >= 15 is 0 Å². The molecule has 0 saturated carbocycles. The third-order valence-electron chi connectivity index (χ3n) is 1.97. The molecule has 7 heteroatoms. The van der Waals surface area contributed by atoms with Crippen LogP contribution in [0.2, 0.25) is 5.02 Å². The normalized spacial score (nSPS) is 13.2. The molecule has 0 heterocycles. The van der Waals surface area contributed by atoms with Crippen molar-refractivity contribution < 1.29 is 17.9 Å². The number of alkyl halides is 3. The first-order valence-corrected chi connectivity index (χ1v) is 5.33. The van der Waals surface area contributed by atoms with Gasteiger partial charge < -0.3 is 10.5 Å². The van der Waals surface area contributed by atoms with Crippen molar-refractivity contribution in [3.8, 4) is 5.75 Å². The Morgan fingerprint density at radius 1 is 1.47 bits per heavy atom. The Hall–Kier alpha value is -1.01. The molecule has 2 nitrogen and oxygen atoms in total. The lowest BCUT2D eigenvalue weighted by atomic mass is 10.2. The summed E-state index contributed by atoms with van der Waals surface area (Å²) in [5.41, 5.74) is 5.60.